The molecule has 0 aromatic heterocycles. The number of esters is 1. The highest BCUT2D eigenvalue weighted by molar-refractivity contribution is 6.31. The molecule has 7 N–H and O–H groups in total. The van der Waals surface area contributed by atoms with Crippen molar-refractivity contribution in [3.63, 3.8) is 0 Å². The normalized spacial score (nSPS) is 9.68. The predicted octanol–water partition coefficient (Wildman–Crippen LogP) is 4.06. The van der Waals surface area contributed by atoms with Crippen LogP contribution in [-0.2, 0) is 14.3 Å². The molecule has 0 fully saturated rings. The third-order valence-electron chi connectivity index (χ3n) is 4.56. The first-order valence-electron chi connectivity index (χ1n) is 11.4. The Labute approximate surface area is 230 Å². The Kier molecular flexibility index (Phi) is 17.7. The number of ether oxygens (including phenoxy) is 1. The van der Waals surface area contributed by atoms with Gasteiger partial charge in [-0.3, -0.25) is 14.4 Å². The van der Waals surface area contributed by atoms with Crippen molar-refractivity contribution in [2.75, 3.05) is 20.2 Å². The molecule has 0 radical (unpaired) electrons. The molecule has 2 rings (SSSR count). The van der Waals surface area contributed by atoms with Crippen molar-refractivity contribution >= 4 is 47.0 Å². The molecule has 0 spiro atoms. The van der Waals surface area contributed by atoms with Gasteiger partial charge in [0.15, 0.2) is 0 Å². The van der Waals surface area contributed by atoms with E-state index in [1.54, 1.807) is 0 Å². The molecule has 11 nitrogen and oxygen atoms in total. The van der Waals surface area contributed by atoms with Crippen LogP contribution in [-0.4, -0.2) is 64.4 Å². The van der Waals surface area contributed by atoms with E-state index < -0.39 is 30.4 Å². The minimum absolute atomic E-state index is 0.0521. The number of hydrogen-bond acceptors (Lipinski definition) is 8. The Hall–Kier alpha value is -3.54. The molecule has 0 aliphatic rings. The van der Waals surface area contributed by atoms with Crippen LogP contribution in [0.5, 0.6) is 11.5 Å². The molecule has 0 saturated heterocycles. The smallest absolute Gasteiger partial charge is 0.341 e. The Morgan fingerprint density at radius 3 is 1.82 bits per heavy atom. The number of carbonyl (C=O) groups excluding carboxylic acids is 2. The van der Waals surface area contributed by atoms with Gasteiger partial charge in [0.2, 0.25) is 0 Å². The molecule has 0 aliphatic carbocycles. The number of unbranched alkanes of at least 4 members (excludes halogenated alkanes) is 4. The summed E-state index contributed by atoms with van der Waals surface area (Å²) < 4.78 is 4.41. The second-order valence-corrected chi connectivity index (χ2v) is 8.46. The maximum atomic E-state index is 11.3. The largest absolute Gasteiger partial charge is 0.507 e. The lowest BCUT2D eigenvalue weighted by atomic mass is 10.1. The predicted molar refractivity (Wildman–Crippen MR) is 142 cm³/mol. The van der Waals surface area contributed by atoms with Crippen molar-refractivity contribution in [2.45, 2.75) is 38.5 Å². The first kappa shape index (κ1) is 34.5. The van der Waals surface area contributed by atoms with Gasteiger partial charge < -0.3 is 36.2 Å². The number of carboxylic acids is 2. The zero-order chi connectivity index (χ0) is 29.1. The Balaban J connectivity index is 0.000000549. The first-order chi connectivity index (χ1) is 17.9. The molecule has 2 aromatic carbocycles. The van der Waals surface area contributed by atoms with Gasteiger partial charge in [0, 0.05) is 16.5 Å². The summed E-state index contributed by atoms with van der Waals surface area (Å²) in [6.07, 6.45) is 5.45. The number of benzene rings is 2. The average molecular weight is 575 g/mol. The number of amides is 1. The van der Waals surface area contributed by atoms with E-state index in [1.165, 1.54) is 43.5 Å². The summed E-state index contributed by atoms with van der Waals surface area (Å²) in [6, 6.07) is 8.12. The molecule has 0 atom stereocenters. The molecule has 0 saturated carbocycles. The van der Waals surface area contributed by atoms with E-state index in [1.807, 2.05) is 0 Å². The SMILES string of the molecule is COC(=O)c1cc(Cl)ccc1O.NCCCCCCCC(=O)O.O=C(O)CNC(=O)c1cc(Cl)ccc1O. The Bertz CT molecular complexity index is 1070. The third kappa shape index (κ3) is 15.5. The Morgan fingerprint density at radius 2 is 1.32 bits per heavy atom. The van der Waals surface area contributed by atoms with Crippen LogP contribution in [0.3, 0.4) is 0 Å². The maximum Gasteiger partial charge on any atom is 0.341 e. The summed E-state index contributed by atoms with van der Waals surface area (Å²) >= 11 is 11.2. The number of hydrogen-bond donors (Lipinski definition) is 6. The second-order valence-electron chi connectivity index (χ2n) is 7.59. The molecule has 1 amide bonds. The van der Waals surface area contributed by atoms with Crippen LogP contribution in [0.25, 0.3) is 0 Å². The van der Waals surface area contributed by atoms with Crippen molar-refractivity contribution in [3.8, 4) is 11.5 Å². The summed E-state index contributed by atoms with van der Waals surface area (Å²) in [7, 11) is 1.24. The number of halogens is 2. The lowest BCUT2D eigenvalue weighted by Crippen LogP contribution is -2.29. The number of methoxy groups -OCH3 is 1. The number of aliphatic carboxylic acids is 2. The average Bonchev–Trinajstić information content (AvgIpc) is 2.87. The van der Waals surface area contributed by atoms with Crippen LogP contribution in [0.15, 0.2) is 36.4 Å². The summed E-state index contributed by atoms with van der Waals surface area (Å²) in [6.45, 7) is 0.240. The van der Waals surface area contributed by atoms with Crippen LogP contribution in [0.2, 0.25) is 10.0 Å². The van der Waals surface area contributed by atoms with E-state index in [9.17, 15) is 29.4 Å². The minimum Gasteiger partial charge on any atom is -0.507 e. The molecular formula is C25H32Cl2N2O9. The van der Waals surface area contributed by atoms with Crippen LogP contribution in [0.1, 0.15) is 59.2 Å². The Morgan fingerprint density at radius 1 is 0.816 bits per heavy atom. The van der Waals surface area contributed by atoms with E-state index in [2.05, 4.69) is 10.1 Å². The van der Waals surface area contributed by atoms with Gasteiger partial charge >= 0.3 is 17.9 Å². The van der Waals surface area contributed by atoms with Crippen molar-refractivity contribution in [1.82, 2.24) is 5.32 Å². The maximum absolute atomic E-state index is 11.3. The molecule has 38 heavy (non-hydrogen) atoms. The highest BCUT2D eigenvalue weighted by atomic mass is 35.5. The monoisotopic (exact) mass is 574 g/mol. The lowest BCUT2D eigenvalue weighted by Gasteiger charge is -2.04. The standard InChI is InChI=1S/C9H8ClNO4.C8H7ClO3.C8H17NO2/c10-5-1-2-7(12)6(3-5)9(15)11-4-8(13)14;1-12-8(11)6-4-5(9)2-3-7(6)10;9-7-5-3-1-2-4-6-8(10)11/h1-3,12H,4H2,(H,11,15)(H,13,14);2-4,10H,1H3;1-7,9H2,(H,10,11). The van der Waals surface area contributed by atoms with Crippen molar-refractivity contribution < 1.29 is 44.3 Å². The molecular weight excluding hydrogens is 543 g/mol. The van der Waals surface area contributed by atoms with Gasteiger partial charge in [0.05, 0.1) is 12.7 Å². The summed E-state index contributed by atoms with van der Waals surface area (Å²) in [5.41, 5.74) is 5.32. The highest BCUT2D eigenvalue weighted by Crippen LogP contribution is 2.22. The van der Waals surface area contributed by atoms with E-state index in [0.717, 1.165) is 38.6 Å². The molecule has 2 aromatic rings. The van der Waals surface area contributed by atoms with Crippen molar-refractivity contribution in [2.24, 2.45) is 5.73 Å². The third-order valence-corrected chi connectivity index (χ3v) is 5.03. The number of aromatic hydroxyl groups is 2. The molecule has 0 bridgehead atoms. The molecule has 210 valence electrons. The van der Waals surface area contributed by atoms with Crippen LogP contribution in [0, 0.1) is 0 Å². The molecule has 0 heterocycles. The second kappa shape index (κ2) is 19.6. The number of nitrogens with one attached hydrogen (secondary N) is 1. The van der Waals surface area contributed by atoms with E-state index in [0.29, 0.717) is 11.4 Å². The van der Waals surface area contributed by atoms with Gasteiger partial charge in [-0.2, -0.15) is 0 Å². The number of phenols is 2. The van der Waals surface area contributed by atoms with Crippen LogP contribution < -0.4 is 11.1 Å². The van der Waals surface area contributed by atoms with Crippen molar-refractivity contribution in [3.05, 3.63) is 57.6 Å². The van der Waals surface area contributed by atoms with Gasteiger partial charge in [-0.15, -0.1) is 0 Å². The van der Waals surface area contributed by atoms with Crippen molar-refractivity contribution in [1.29, 1.82) is 0 Å². The highest BCUT2D eigenvalue weighted by Gasteiger charge is 2.12. The van der Waals surface area contributed by atoms with E-state index >= 15 is 0 Å². The zero-order valence-corrected chi connectivity index (χ0v) is 22.3. The van der Waals surface area contributed by atoms with Crippen LogP contribution in [0.4, 0.5) is 0 Å². The zero-order valence-electron chi connectivity index (χ0n) is 20.8. The number of rotatable bonds is 11. The number of phenolic OH excluding ortho intramolecular Hbond substituents is 2. The summed E-state index contributed by atoms with van der Waals surface area (Å²) in [4.78, 5) is 42.5. The topological polar surface area (TPSA) is 196 Å². The minimum atomic E-state index is -1.16. The fourth-order valence-electron chi connectivity index (χ4n) is 2.67. The quantitative estimate of drug-likeness (QED) is 0.168. The molecule has 0 unspecified atom stereocenters. The summed E-state index contributed by atoms with van der Waals surface area (Å²) in [5, 5.41) is 37.9. The van der Waals surface area contributed by atoms with Gasteiger partial charge in [-0.1, -0.05) is 42.5 Å². The number of carbonyl (C=O) groups is 4. The van der Waals surface area contributed by atoms with Gasteiger partial charge in [-0.25, -0.2) is 4.79 Å². The van der Waals surface area contributed by atoms with Gasteiger partial charge in [0.1, 0.15) is 23.6 Å². The lowest BCUT2D eigenvalue weighted by molar-refractivity contribution is -0.137. The van der Waals surface area contributed by atoms with E-state index in [4.69, 9.17) is 39.1 Å². The fraction of sp³-hybridized carbons (Fsp3) is 0.360. The molecule has 13 heteroatoms. The number of nitrogens with two attached hydrogens (primary N) is 1. The fourth-order valence-corrected chi connectivity index (χ4v) is 3.02. The molecule has 0 aliphatic heterocycles. The van der Waals surface area contributed by atoms with Crippen LogP contribution >= 0.6 is 23.2 Å². The van der Waals surface area contributed by atoms with E-state index in [-0.39, 0.29) is 27.6 Å². The summed E-state index contributed by atoms with van der Waals surface area (Å²) in [5.74, 6) is -3.52. The van der Waals surface area contributed by atoms with Gasteiger partial charge in [-0.05, 0) is 55.8 Å². The number of carboxylic acid groups (broad SMARTS) is 2. The van der Waals surface area contributed by atoms with Gasteiger partial charge in [0.25, 0.3) is 5.91 Å². The first-order valence-corrected chi connectivity index (χ1v) is 12.2.